The van der Waals surface area contributed by atoms with Crippen LogP contribution in [0, 0.1) is 5.92 Å². The van der Waals surface area contributed by atoms with Crippen LogP contribution < -0.4 is 18.9 Å². The van der Waals surface area contributed by atoms with Crippen molar-refractivity contribution < 1.29 is 34.0 Å². The molecular weight excluding hydrogens is 412 g/mol. The first-order valence-electron chi connectivity index (χ1n) is 10.1. The molecule has 0 heterocycles. The summed E-state index contributed by atoms with van der Waals surface area (Å²) >= 11 is 0. The molecule has 7 heteroatoms. The Hall–Kier alpha value is -3.61. The minimum absolute atomic E-state index is 0.0543. The predicted octanol–water partition coefficient (Wildman–Crippen LogP) is 4.84. The van der Waals surface area contributed by atoms with Crippen molar-refractivity contribution in [2.75, 3.05) is 28.4 Å². The number of ether oxygens (including phenoxy) is 4. The van der Waals surface area contributed by atoms with Crippen LogP contribution in [0.25, 0.3) is 12.2 Å². The van der Waals surface area contributed by atoms with Gasteiger partial charge in [0.2, 0.25) is 11.5 Å². The lowest BCUT2D eigenvalue weighted by Crippen LogP contribution is -2.08. The van der Waals surface area contributed by atoms with Gasteiger partial charge in [-0.25, -0.2) is 0 Å². The first kappa shape index (κ1) is 24.7. The number of hydrogen-bond donors (Lipinski definition) is 2. The first-order chi connectivity index (χ1) is 15.3. The van der Waals surface area contributed by atoms with Gasteiger partial charge >= 0.3 is 0 Å². The molecule has 2 N–H and O–H groups in total. The highest BCUT2D eigenvalue weighted by Gasteiger charge is 2.13. The number of carbonyl (C=O) groups excluding carboxylic acids is 1. The van der Waals surface area contributed by atoms with Gasteiger partial charge in [0.1, 0.15) is 5.78 Å². The number of aromatic hydroxyl groups is 2. The summed E-state index contributed by atoms with van der Waals surface area (Å²) in [5.74, 6) is 1.04. The SMILES string of the molecule is COc1cc(/C=C/CC(C/C=C/c2cc(OC)c(O)c(OC)c2)C(C)=O)cc(OC)c1O. The topological polar surface area (TPSA) is 94.5 Å². The molecule has 2 aromatic rings. The van der Waals surface area contributed by atoms with Crippen LogP contribution in [0.4, 0.5) is 0 Å². The number of methoxy groups -OCH3 is 4. The lowest BCUT2D eigenvalue weighted by Gasteiger charge is -2.11. The summed E-state index contributed by atoms with van der Waals surface area (Å²) in [6.07, 6.45) is 8.65. The van der Waals surface area contributed by atoms with Crippen LogP contribution in [0.5, 0.6) is 34.5 Å². The van der Waals surface area contributed by atoms with Crippen molar-refractivity contribution in [3.05, 3.63) is 47.5 Å². The predicted molar refractivity (Wildman–Crippen MR) is 124 cm³/mol. The van der Waals surface area contributed by atoms with Gasteiger partial charge < -0.3 is 29.2 Å². The van der Waals surface area contributed by atoms with Crippen LogP contribution in [-0.2, 0) is 4.79 Å². The average molecular weight is 443 g/mol. The third-order valence-corrected chi connectivity index (χ3v) is 5.04. The summed E-state index contributed by atoms with van der Waals surface area (Å²) < 4.78 is 20.7. The summed E-state index contributed by atoms with van der Waals surface area (Å²) in [6, 6.07) is 6.79. The van der Waals surface area contributed by atoms with E-state index in [1.165, 1.54) is 28.4 Å². The van der Waals surface area contributed by atoms with Crippen LogP contribution in [-0.4, -0.2) is 44.4 Å². The van der Waals surface area contributed by atoms with E-state index in [-0.39, 0.29) is 23.2 Å². The zero-order valence-electron chi connectivity index (χ0n) is 19.0. The zero-order valence-corrected chi connectivity index (χ0v) is 19.0. The van der Waals surface area contributed by atoms with Crippen molar-refractivity contribution in [1.82, 2.24) is 0 Å². The van der Waals surface area contributed by atoms with Crippen molar-refractivity contribution >= 4 is 17.9 Å². The van der Waals surface area contributed by atoms with E-state index >= 15 is 0 Å². The Balaban J connectivity index is 2.10. The molecule has 0 radical (unpaired) electrons. The highest BCUT2D eigenvalue weighted by molar-refractivity contribution is 5.79. The minimum Gasteiger partial charge on any atom is -0.502 e. The molecule has 0 aliphatic rings. The summed E-state index contributed by atoms with van der Waals surface area (Å²) in [5.41, 5.74) is 1.58. The third-order valence-electron chi connectivity index (χ3n) is 5.04. The Morgan fingerprint density at radius 2 is 1.06 bits per heavy atom. The van der Waals surface area contributed by atoms with Gasteiger partial charge in [-0.05, 0) is 55.2 Å². The molecule has 0 amide bonds. The second-order valence-electron chi connectivity index (χ2n) is 7.13. The van der Waals surface area contributed by atoms with Crippen molar-refractivity contribution in [2.45, 2.75) is 19.8 Å². The molecule has 0 aliphatic heterocycles. The summed E-state index contributed by atoms with van der Waals surface area (Å²) in [6.45, 7) is 1.57. The second-order valence-corrected chi connectivity index (χ2v) is 7.13. The largest absolute Gasteiger partial charge is 0.502 e. The van der Waals surface area contributed by atoms with Gasteiger partial charge in [0.25, 0.3) is 0 Å². The number of Topliss-reactive ketones (excluding diaryl/α,β-unsaturated/α-hetero) is 1. The van der Waals surface area contributed by atoms with E-state index in [9.17, 15) is 15.0 Å². The number of hydrogen-bond acceptors (Lipinski definition) is 7. The Bertz CT molecular complexity index is 868. The molecule has 0 saturated carbocycles. The van der Waals surface area contributed by atoms with Gasteiger partial charge in [0.15, 0.2) is 23.0 Å². The fourth-order valence-corrected chi connectivity index (χ4v) is 3.18. The van der Waals surface area contributed by atoms with Gasteiger partial charge in [0, 0.05) is 5.92 Å². The maximum Gasteiger partial charge on any atom is 0.200 e. The van der Waals surface area contributed by atoms with Gasteiger partial charge in [-0.1, -0.05) is 24.3 Å². The van der Waals surface area contributed by atoms with Gasteiger partial charge in [0.05, 0.1) is 28.4 Å². The fraction of sp³-hybridized carbons (Fsp3) is 0.320. The highest BCUT2D eigenvalue weighted by Crippen LogP contribution is 2.38. The van der Waals surface area contributed by atoms with E-state index in [0.29, 0.717) is 35.8 Å². The Morgan fingerprint density at radius 3 is 1.31 bits per heavy atom. The molecule has 0 spiro atoms. The van der Waals surface area contributed by atoms with E-state index in [1.807, 2.05) is 24.3 Å². The van der Waals surface area contributed by atoms with Crippen LogP contribution in [0.1, 0.15) is 30.9 Å². The van der Waals surface area contributed by atoms with E-state index in [4.69, 9.17) is 18.9 Å². The Kier molecular flexibility index (Phi) is 9.01. The number of carbonyl (C=O) groups is 1. The molecule has 0 atom stereocenters. The van der Waals surface area contributed by atoms with E-state index in [0.717, 1.165) is 11.1 Å². The molecule has 2 rings (SSSR count). The summed E-state index contributed by atoms with van der Waals surface area (Å²) in [7, 11) is 5.89. The molecule has 0 bridgehead atoms. The maximum absolute atomic E-state index is 12.1. The molecule has 0 aromatic heterocycles. The van der Waals surface area contributed by atoms with Crippen molar-refractivity contribution in [1.29, 1.82) is 0 Å². The van der Waals surface area contributed by atoms with E-state index in [1.54, 1.807) is 31.2 Å². The van der Waals surface area contributed by atoms with Gasteiger partial charge in [-0.2, -0.15) is 0 Å². The number of phenols is 2. The number of ketones is 1. The normalized spacial score (nSPS) is 11.3. The van der Waals surface area contributed by atoms with Gasteiger partial charge in [-0.15, -0.1) is 0 Å². The molecule has 0 unspecified atom stereocenters. The summed E-state index contributed by atoms with van der Waals surface area (Å²) in [5, 5.41) is 20.0. The van der Waals surface area contributed by atoms with Crippen molar-refractivity contribution in [3.63, 3.8) is 0 Å². The van der Waals surface area contributed by atoms with Crippen molar-refractivity contribution in [2.24, 2.45) is 5.92 Å². The van der Waals surface area contributed by atoms with Crippen LogP contribution in [0.2, 0.25) is 0 Å². The molecule has 2 aromatic carbocycles. The highest BCUT2D eigenvalue weighted by atomic mass is 16.5. The Labute approximate surface area is 188 Å². The molecule has 0 aliphatic carbocycles. The first-order valence-corrected chi connectivity index (χ1v) is 10.1. The van der Waals surface area contributed by atoms with E-state index < -0.39 is 0 Å². The summed E-state index contributed by atoms with van der Waals surface area (Å²) in [4.78, 5) is 12.1. The smallest absolute Gasteiger partial charge is 0.200 e. The number of allylic oxidation sites excluding steroid dienone is 2. The molecule has 172 valence electrons. The zero-order chi connectivity index (χ0) is 23.7. The van der Waals surface area contributed by atoms with Crippen LogP contribution in [0.3, 0.4) is 0 Å². The van der Waals surface area contributed by atoms with Gasteiger partial charge in [-0.3, -0.25) is 4.79 Å². The molecule has 0 saturated heterocycles. The second kappa shape index (κ2) is 11.7. The maximum atomic E-state index is 12.1. The fourth-order valence-electron chi connectivity index (χ4n) is 3.18. The van der Waals surface area contributed by atoms with Crippen LogP contribution in [0.15, 0.2) is 36.4 Å². The van der Waals surface area contributed by atoms with Crippen molar-refractivity contribution in [3.8, 4) is 34.5 Å². The van der Waals surface area contributed by atoms with E-state index in [2.05, 4.69) is 0 Å². The number of benzene rings is 2. The minimum atomic E-state index is -0.190. The monoisotopic (exact) mass is 442 g/mol. The molecule has 7 nitrogen and oxygen atoms in total. The standard InChI is InChI=1S/C25H30O7/c1-16(26)19(10-6-8-17-12-20(29-2)24(27)21(13-17)30-3)11-7-9-18-14-22(31-4)25(28)23(15-18)32-5/h6-9,12-15,19,27-28H,10-11H2,1-5H3/b8-6+,9-7+. The number of rotatable bonds is 11. The Morgan fingerprint density at radius 1 is 0.750 bits per heavy atom. The number of phenolic OH excluding ortho intramolecular Hbond substituents is 2. The molecule has 32 heavy (non-hydrogen) atoms. The average Bonchev–Trinajstić information content (AvgIpc) is 2.79. The van der Waals surface area contributed by atoms with Crippen LogP contribution >= 0.6 is 0 Å². The molecule has 0 fully saturated rings. The quantitative estimate of drug-likeness (QED) is 0.514. The lowest BCUT2D eigenvalue weighted by atomic mass is 9.96. The lowest BCUT2D eigenvalue weighted by molar-refractivity contribution is -0.120. The third kappa shape index (κ3) is 6.20. The molecular formula is C25H30O7.